The van der Waals surface area contributed by atoms with Crippen LogP contribution in [0.5, 0.6) is 0 Å². The number of hydrogen-bond acceptors (Lipinski definition) is 2. The SMILES string of the molecule is CN(Cc1ccc(Br)cc1)c1cc(Cl)c(Cl)cc1N. The van der Waals surface area contributed by atoms with Crippen molar-refractivity contribution in [2.45, 2.75) is 6.54 Å². The summed E-state index contributed by atoms with van der Waals surface area (Å²) in [6, 6.07) is 11.6. The maximum Gasteiger partial charge on any atom is 0.0616 e. The van der Waals surface area contributed by atoms with Crippen LogP contribution in [0.2, 0.25) is 10.0 Å². The minimum absolute atomic E-state index is 0.472. The van der Waals surface area contributed by atoms with Gasteiger partial charge in [-0.1, -0.05) is 51.3 Å². The predicted octanol–water partition coefficient (Wildman–Crippen LogP) is 4.97. The van der Waals surface area contributed by atoms with E-state index in [9.17, 15) is 0 Å². The number of benzene rings is 2. The molecule has 19 heavy (non-hydrogen) atoms. The van der Waals surface area contributed by atoms with Gasteiger partial charge in [0.05, 0.1) is 21.4 Å². The van der Waals surface area contributed by atoms with E-state index in [2.05, 4.69) is 28.1 Å². The van der Waals surface area contributed by atoms with Gasteiger partial charge in [-0.2, -0.15) is 0 Å². The van der Waals surface area contributed by atoms with Crippen molar-refractivity contribution < 1.29 is 0 Å². The fraction of sp³-hybridized carbons (Fsp3) is 0.143. The van der Waals surface area contributed by atoms with E-state index in [0.29, 0.717) is 15.7 Å². The summed E-state index contributed by atoms with van der Waals surface area (Å²) in [7, 11) is 1.97. The third-order valence-electron chi connectivity index (χ3n) is 2.81. The number of nitrogens with zero attached hydrogens (tertiary/aromatic N) is 1. The summed E-state index contributed by atoms with van der Waals surface area (Å²) >= 11 is 15.4. The molecule has 0 aliphatic rings. The van der Waals surface area contributed by atoms with E-state index in [0.717, 1.165) is 16.7 Å². The number of halogens is 3. The van der Waals surface area contributed by atoms with Crippen LogP contribution in [0.25, 0.3) is 0 Å². The molecule has 0 amide bonds. The molecule has 0 aromatic heterocycles. The van der Waals surface area contributed by atoms with Gasteiger partial charge in [0.25, 0.3) is 0 Å². The van der Waals surface area contributed by atoms with Crippen molar-refractivity contribution >= 4 is 50.5 Å². The minimum Gasteiger partial charge on any atom is -0.397 e. The lowest BCUT2D eigenvalue weighted by Gasteiger charge is -2.22. The van der Waals surface area contributed by atoms with Crippen molar-refractivity contribution in [1.82, 2.24) is 0 Å². The van der Waals surface area contributed by atoms with E-state index < -0.39 is 0 Å². The van der Waals surface area contributed by atoms with Crippen molar-refractivity contribution in [3.05, 3.63) is 56.5 Å². The van der Waals surface area contributed by atoms with Gasteiger partial charge in [-0.25, -0.2) is 0 Å². The molecule has 0 spiro atoms. The van der Waals surface area contributed by atoms with Gasteiger partial charge in [0.15, 0.2) is 0 Å². The number of hydrogen-bond donors (Lipinski definition) is 1. The summed E-state index contributed by atoms with van der Waals surface area (Å²) in [5.41, 5.74) is 8.66. The molecule has 2 rings (SSSR count). The summed E-state index contributed by atoms with van der Waals surface area (Å²) in [5, 5.41) is 0.980. The largest absolute Gasteiger partial charge is 0.397 e. The fourth-order valence-electron chi connectivity index (χ4n) is 1.83. The Morgan fingerprint density at radius 3 is 2.32 bits per heavy atom. The van der Waals surface area contributed by atoms with Crippen LogP contribution < -0.4 is 10.6 Å². The Bertz CT molecular complexity index is 585. The lowest BCUT2D eigenvalue weighted by atomic mass is 10.2. The molecule has 5 heteroatoms. The average molecular weight is 360 g/mol. The van der Waals surface area contributed by atoms with Crippen LogP contribution in [-0.2, 0) is 6.54 Å². The van der Waals surface area contributed by atoms with Crippen molar-refractivity contribution in [3.8, 4) is 0 Å². The summed E-state index contributed by atoms with van der Waals surface area (Å²) in [5.74, 6) is 0. The molecule has 0 atom stereocenters. The smallest absolute Gasteiger partial charge is 0.0616 e. The first-order valence-electron chi connectivity index (χ1n) is 5.67. The van der Waals surface area contributed by atoms with Gasteiger partial charge in [0, 0.05) is 18.1 Å². The molecule has 0 aliphatic carbocycles. The number of nitrogens with two attached hydrogens (primary N) is 1. The van der Waals surface area contributed by atoms with Crippen LogP contribution in [0.1, 0.15) is 5.56 Å². The molecule has 2 nitrogen and oxygen atoms in total. The van der Waals surface area contributed by atoms with Gasteiger partial charge in [-0.15, -0.1) is 0 Å². The zero-order chi connectivity index (χ0) is 14.0. The molecule has 0 saturated heterocycles. The molecule has 0 saturated carbocycles. The van der Waals surface area contributed by atoms with Crippen LogP contribution in [0.3, 0.4) is 0 Å². The second kappa shape index (κ2) is 6.04. The maximum atomic E-state index is 6.03. The Kier molecular flexibility index (Phi) is 4.61. The highest BCUT2D eigenvalue weighted by Crippen LogP contribution is 2.33. The van der Waals surface area contributed by atoms with Gasteiger partial charge in [-0.05, 0) is 29.8 Å². The molecule has 2 aromatic rings. The quantitative estimate of drug-likeness (QED) is 0.783. The first-order chi connectivity index (χ1) is 8.97. The van der Waals surface area contributed by atoms with E-state index in [4.69, 9.17) is 28.9 Å². The predicted molar refractivity (Wildman–Crippen MR) is 87.1 cm³/mol. The Labute approximate surface area is 131 Å². The van der Waals surface area contributed by atoms with Crippen LogP contribution in [0.15, 0.2) is 40.9 Å². The normalized spacial score (nSPS) is 10.5. The molecule has 0 fully saturated rings. The molecule has 0 heterocycles. The van der Waals surface area contributed by atoms with Gasteiger partial charge >= 0.3 is 0 Å². The summed E-state index contributed by atoms with van der Waals surface area (Å²) in [4.78, 5) is 2.04. The van der Waals surface area contributed by atoms with Gasteiger partial charge in [0.1, 0.15) is 0 Å². The van der Waals surface area contributed by atoms with Crippen molar-refractivity contribution in [1.29, 1.82) is 0 Å². The van der Waals surface area contributed by atoms with E-state index in [1.54, 1.807) is 12.1 Å². The van der Waals surface area contributed by atoms with Crippen LogP contribution in [0.4, 0.5) is 11.4 Å². The lowest BCUT2D eigenvalue weighted by molar-refractivity contribution is 0.924. The molecule has 0 unspecified atom stereocenters. The first-order valence-corrected chi connectivity index (χ1v) is 7.22. The van der Waals surface area contributed by atoms with Crippen molar-refractivity contribution in [2.75, 3.05) is 17.7 Å². The highest BCUT2D eigenvalue weighted by molar-refractivity contribution is 9.10. The third kappa shape index (κ3) is 3.56. The second-order valence-electron chi connectivity index (χ2n) is 4.31. The molecule has 2 N–H and O–H groups in total. The molecule has 0 aliphatic heterocycles. The van der Waals surface area contributed by atoms with Crippen LogP contribution >= 0.6 is 39.1 Å². The van der Waals surface area contributed by atoms with Gasteiger partial charge in [0.2, 0.25) is 0 Å². The number of rotatable bonds is 3. The highest BCUT2D eigenvalue weighted by atomic mass is 79.9. The zero-order valence-corrected chi connectivity index (χ0v) is 13.4. The molecule has 0 bridgehead atoms. The Morgan fingerprint density at radius 2 is 1.68 bits per heavy atom. The number of anilines is 2. The summed E-state index contributed by atoms with van der Waals surface area (Å²) in [6.07, 6.45) is 0. The van der Waals surface area contributed by atoms with Crippen LogP contribution in [0, 0.1) is 0 Å². The Balaban J connectivity index is 2.22. The van der Waals surface area contributed by atoms with E-state index in [-0.39, 0.29) is 0 Å². The first kappa shape index (κ1) is 14.5. The van der Waals surface area contributed by atoms with E-state index in [1.165, 1.54) is 5.56 Å². The average Bonchev–Trinajstić information content (AvgIpc) is 2.36. The minimum atomic E-state index is 0.472. The fourth-order valence-corrected chi connectivity index (χ4v) is 2.43. The highest BCUT2D eigenvalue weighted by Gasteiger charge is 2.09. The molecule has 100 valence electrons. The van der Waals surface area contributed by atoms with Gasteiger partial charge in [-0.3, -0.25) is 0 Å². The molecular weight excluding hydrogens is 347 g/mol. The second-order valence-corrected chi connectivity index (χ2v) is 6.04. The molecule has 0 radical (unpaired) electrons. The van der Waals surface area contributed by atoms with E-state index in [1.807, 2.05) is 24.1 Å². The Hall–Kier alpha value is -0.900. The summed E-state index contributed by atoms with van der Waals surface area (Å²) in [6.45, 7) is 0.745. The van der Waals surface area contributed by atoms with E-state index >= 15 is 0 Å². The van der Waals surface area contributed by atoms with Crippen molar-refractivity contribution in [2.24, 2.45) is 0 Å². The standard InChI is InChI=1S/C14H13BrCl2N2/c1-19(8-9-2-4-10(15)5-3-9)14-7-12(17)11(16)6-13(14)18/h2-7H,8,18H2,1H3. The zero-order valence-electron chi connectivity index (χ0n) is 10.3. The lowest BCUT2D eigenvalue weighted by Crippen LogP contribution is -2.17. The third-order valence-corrected chi connectivity index (χ3v) is 4.06. The van der Waals surface area contributed by atoms with Crippen molar-refractivity contribution in [3.63, 3.8) is 0 Å². The number of nitrogen functional groups attached to an aromatic ring is 1. The topological polar surface area (TPSA) is 29.3 Å². The monoisotopic (exact) mass is 358 g/mol. The molecule has 2 aromatic carbocycles. The maximum absolute atomic E-state index is 6.03. The molecular formula is C14H13BrCl2N2. The van der Waals surface area contributed by atoms with Crippen LogP contribution in [-0.4, -0.2) is 7.05 Å². The Morgan fingerprint density at radius 1 is 1.11 bits per heavy atom. The van der Waals surface area contributed by atoms with Gasteiger partial charge < -0.3 is 10.6 Å². The summed E-state index contributed by atoms with van der Waals surface area (Å²) < 4.78 is 1.06.